The minimum absolute atomic E-state index is 0.0204. The average molecular weight is 419 g/mol. The number of aromatic nitrogens is 1. The summed E-state index contributed by atoms with van der Waals surface area (Å²) in [6.45, 7) is 3.39. The van der Waals surface area contributed by atoms with E-state index in [0.29, 0.717) is 29.8 Å². The van der Waals surface area contributed by atoms with Crippen molar-refractivity contribution in [2.24, 2.45) is 11.8 Å². The molecule has 9 nitrogen and oxygen atoms in total. The van der Waals surface area contributed by atoms with Gasteiger partial charge in [-0.3, -0.25) is 9.59 Å². The maximum Gasteiger partial charge on any atom is 0.307 e. The molecule has 1 aromatic carbocycles. The van der Waals surface area contributed by atoms with Gasteiger partial charge < -0.3 is 14.9 Å². The van der Waals surface area contributed by atoms with Gasteiger partial charge in [0.25, 0.3) is 10.0 Å². The van der Waals surface area contributed by atoms with Gasteiger partial charge in [0.1, 0.15) is 0 Å². The molecule has 154 valence electrons. The third kappa shape index (κ3) is 4.48. The number of amides is 1. The molecule has 0 saturated heterocycles. The molecular weight excluding hydrogens is 398 g/mol. The van der Waals surface area contributed by atoms with Crippen LogP contribution >= 0.6 is 0 Å². The molecule has 1 aliphatic rings. The van der Waals surface area contributed by atoms with Crippen molar-refractivity contribution in [3.63, 3.8) is 0 Å². The number of carboxylic acids is 1. The van der Waals surface area contributed by atoms with Crippen molar-refractivity contribution >= 4 is 33.5 Å². The second kappa shape index (κ2) is 8.08. The van der Waals surface area contributed by atoms with E-state index in [2.05, 4.69) is 15.2 Å². The molecule has 1 aliphatic carbocycles. The van der Waals surface area contributed by atoms with E-state index in [4.69, 9.17) is 4.52 Å². The van der Waals surface area contributed by atoms with Crippen LogP contribution in [-0.2, 0) is 19.6 Å². The molecule has 10 heteroatoms. The largest absolute Gasteiger partial charge is 0.481 e. The Labute approximate surface area is 167 Å². The van der Waals surface area contributed by atoms with E-state index in [9.17, 15) is 23.1 Å². The molecule has 0 spiro atoms. The van der Waals surface area contributed by atoms with Gasteiger partial charge in [-0.05, 0) is 51.0 Å². The lowest BCUT2D eigenvalue weighted by Gasteiger charge is -2.24. The second-order valence-corrected chi connectivity index (χ2v) is 8.52. The quantitative estimate of drug-likeness (QED) is 0.612. The highest BCUT2D eigenvalue weighted by Gasteiger charge is 2.34. The van der Waals surface area contributed by atoms with Crippen LogP contribution in [0.3, 0.4) is 0 Å². The fraction of sp³-hybridized carbons (Fsp3) is 0.316. The highest BCUT2D eigenvalue weighted by molar-refractivity contribution is 7.92. The number of nitrogens with zero attached hydrogens (tertiary/aromatic N) is 1. The molecule has 2 atom stereocenters. The number of aliphatic carboxylic acids is 1. The van der Waals surface area contributed by atoms with Gasteiger partial charge in [0.2, 0.25) is 11.8 Å². The number of carboxylic acid groups (broad SMARTS) is 1. The third-order valence-electron chi connectivity index (χ3n) is 4.90. The van der Waals surface area contributed by atoms with Crippen molar-refractivity contribution in [1.82, 2.24) is 5.16 Å². The molecule has 1 heterocycles. The van der Waals surface area contributed by atoms with Crippen molar-refractivity contribution in [3.8, 4) is 0 Å². The SMILES string of the molecule is Cc1noc(NS(=O)(=O)c2ccc(NC(=O)[C@@H]3CC=CC[C@@H]3C(=O)O)cc2)c1C. The standard InChI is InChI=1S/C19H21N3O6S/c1-11-12(2)21-28-18(11)22-29(26,27)14-9-7-13(8-10-14)20-17(23)15-5-3-4-6-16(15)19(24)25/h3-4,7-10,15-16,22H,5-6H2,1-2H3,(H,20,23)(H,24,25)/t15-,16+/m1/s1. The molecule has 0 unspecified atom stereocenters. The second-order valence-electron chi connectivity index (χ2n) is 6.84. The van der Waals surface area contributed by atoms with E-state index < -0.39 is 33.7 Å². The fourth-order valence-electron chi connectivity index (χ4n) is 3.02. The first kappa shape index (κ1) is 20.6. The molecule has 0 saturated carbocycles. The molecule has 0 radical (unpaired) electrons. The molecule has 1 aromatic heterocycles. The normalized spacial score (nSPS) is 19.0. The third-order valence-corrected chi connectivity index (χ3v) is 6.25. The zero-order chi connectivity index (χ0) is 21.2. The monoisotopic (exact) mass is 419 g/mol. The number of benzene rings is 1. The van der Waals surface area contributed by atoms with Crippen LogP contribution in [0.5, 0.6) is 0 Å². The summed E-state index contributed by atoms with van der Waals surface area (Å²) in [5, 5.41) is 15.7. The maximum absolute atomic E-state index is 12.5. The lowest BCUT2D eigenvalue weighted by Crippen LogP contribution is -2.34. The van der Waals surface area contributed by atoms with Crippen molar-refractivity contribution < 1.29 is 27.6 Å². The van der Waals surface area contributed by atoms with Gasteiger partial charge in [-0.15, -0.1) is 0 Å². The summed E-state index contributed by atoms with van der Waals surface area (Å²) in [6.07, 6.45) is 4.19. The minimum Gasteiger partial charge on any atom is -0.481 e. The Morgan fingerprint density at radius 3 is 2.28 bits per heavy atom. The summed E-state index contributed by atoms with van der Waals surface area (Å²) in [5.41, 5.74) is 1.55. The predicted molar refractivity (Wildman–Crippen MR) is 105 cm³/mol. The molecule has 0 fully saturated rings. The van der Waals surface area contributed by atoms with E-state index in [1.807, 2.05) is 0 Å². The minimum atomic E-state index is -3.89. The predicted octanol–water partition coefficient (Wildman–Crippen LogP) is 2.70. The van der Waals surface area contributed by atoms with E-state index in [0.717, 1.165) is 0 Å². The van der Waals surface area contributed by atoms with Gasteiger partial charge in [0.15, 0.2) is 0 Å². The number of nitrogens with one attached hydrogen (secondary N) is 2. The number of anilines is 2. The molecule has 3 rings (SSSR count). The highest BCUT2D eigenvalue weighted by Crippen LogP contribution is 2.28. The van der Waals surface area contributed by atoms with Crippen LogP contribution in [-0.4, -0.2) is 30.6 Å². The Bertz CT molecular complexity index is 1060. The number of rotatable bonds is 6. The van der Waals surface area contributed by atoms with Crippen molar-refractivity contribution in [2.75, 3.05) is 10.0 Å². The van der Waals surface area contributed by atoms with Gasteiger partial charge in [0, 0.05) is 11.3 Å². The number of sulfonamides is 1. The topological polar surface area (TPSA) is 139 Å². The zero-order valence-electron chi connectivity index (χ0n) is 15.9. The average Bonchev–Trinajstić information content (AvgIpc) is 3.00. The Balaban J connectivity index is 1.71. The van der Waals surface area contributed by atoms with Crippen LogP contribution < -0.4 is 10.0 Å². The van der Waals surface area contributed by atoms with E-state index in [1.54, 1.807) is 26.0 Å². The fourth-order valence-corrected chi connectivity index (χ4v) is 4.07. The molecule has 29 heavy (non-hydrogen) atoms. The van der Waals surface area contributed by atoms with Crippen molar-refractivity contribution in [2.45, 2.75) is 31.6 Å². The Hall–Kier alpha value is -3.14. The maximum atomic E-state index is 12.5. The van der Waals surface area contributed by atoms with Crippen LogP contribution in [0.15, 0.2) is 45.8 Å². The smallest absolute Gasteiger partial charge is 0.307 e. The summed E-state index contributed by atoms with van der Waals surface area (Å²) in [4.78, 5) is 23.8. The molecule has 0 bridgehead atoms. The van der Waals surface area contributed by atoms with Crippen LogP contribution in [0.4, 0.5) is 11.6 Å². The molecule has 1 amide bonds. The van der Waals surface area contributed by atoms with Crippen LogP contribution in [0.1, 0.15) is 24.1 Å². The molecular formula is C19H21N3O6S. The summed E-state index contributed by atoms with van der Waals surface area (Å²) in [5.74, 6) is -2.84. The van der Waals surface area contributed by atoms with E-state index in [1.165, 1.54) is 24.3 Å². The van der Waals surface area contributed by atoms with Gasteiger partial charge in [-0.25, -0.2) is 13.1 Å². The molecule has 3 N–H and O–H groups in total. The lowest BCUT2D eigenvalue weighted by atomic mass is 9.82. The lowest BCUT2D eigenvalue weighted by molar-refractivity contribution is -0.146. The Kier molecular flexibility index (Phi) is 5.73. The highest BCUT2D eigenvalue weighted by atomic mass is 32.2. The van der Waals surface area contributed by atoms with E-state index >= 15 is 0 Å². The van der Waals surface area contributed by atoms with Crippen LogP contribution in [0.2, 0.25) is 0 Å². The van der Waals surface area contributed by atoms with Gasteiger partial charge in [-0.1, -0.05) is 17.3 Å². The summed E-state index contributed by atoms with van der Waals surface area (Å²) in [6, 6.07) is 5.57. The zero-order valence-corrected chi connectivity index (χ0v) is 16.7. The first-order valence-electron chi connectivity index (χ1n) is 8.93. The Morgan fingerprint density at radius 1 is 1.10 bits per heavy atom. The van der Waals surface area contributed by atoms with Gasteiger partial charge in [-0.2, -0.15) is 0 Å². The number of hydrogen-bond acceptors (Lipinski definition) is 6. The summed E-state index contributed by atoms with van der Waals surface area (Å²) < 4.78 is 32.3. The Morgan fingerprint density at radius 2 is 1.72 bits per heavy atom. The molecule has 0 aliphatic heterocycles. The number of aryl methyl sites for hydroxylation is 1. The number of carbonyl (C=O) groups is 2. The summed E-state index contributed by atoms with van der Waals surface area (Å²) >= 11 is 0. The van der Waals surface area contributed by atoms with Gasteiger partial charge in [0.05, 0.1) is 22.4 Å². The van der Waals surface area contributed by atoms with Crippen molar-refractivity contribution in [3.05, 3.63) is 47.7 Å². The number of hydrogen-bond donors (Lipinski definition) is 3. The van der Waals surface area contributed by atoms with Crippen molar-refractivity contribution in [1.29, 1.82) is 0 Å². The summed E-state index contributed by atoms with van der Waals surface area (Å²) in [7, 11) is -3.89. The first-order valence-corrected chi connectivity index (χ1v) is 10.4. The van der Waals surface area contributed by atoms with Gasteiger partial charge >= 0.3 is 5.97 Å². The van der Waals surface area contributed by atoms with Crippen LogP contribution in [0.25, 0.3) is 0 Å². The first-order chi connectivity index (χ1) is 13.7. The van der Waals surface area contributed by atoms with Crippen LogP contribution in [0, 0.1) is 25.7 Å². The molecule has 2 aromatic rings. The number of allylic oxidation sites excluding steroid dienone is 2. The number of carbonyl (C=O) groups excluding carboxylic acids is 1. The van der Waals surface area contributed by atoms with E-state index in [-0.39, 0.29) is 10.8 Å².